The van der Waals surface area contributed by atoms with Gasteiger partial charge in [0.15, 0.2) is 0 Å². The minimum atomic E-state index is -1.94. The second-order valence-corrected chi connectivity index (χ2v) is 16.4. The fourth-order valence-electron chi connectivity index (χ4n) is 3.87. The van der Waals surface area contributed by atoms with Crippen molar-refractivity contribution in [1.29, 1.82) is 0 Å². The van der Waals surface area contributed by atoms with E-state index in [-0.39, 0.29) is 0 Å². The first-order chi connectivity index (χ1) is 13.1. The fraction of sp³-hybridized carbons (Fsp3) is 1.00. The van der Waals surface area contributed by atoms with Crippen LogP contribution in [0.1, 0.15) is 142 Å². The Morgan fingerprint density at radius 2 is 0.593 bits per heavy atom. The zero-order valence-corrected chi connectivity index (χ0v) is 21.3. The molecule has 0 aromatic heterocycles. The summed E-state index contributed by atoms with van der Waals surface area (Å²) in [6, 6.07) is 2.23. The number of hydrogen-bond donors (Lipinski definition) is 0. The summed E-state index contributed by atoms with van der Waals surface area (Å²) in [7, 11) is 0. The summed E-state index contributed by atoms with van der Waals surface area (Å²) in [4.78, 5) is 0. The van der Waals surface area contributed by atoms with Crippen molar-refractivity contribution in [2.75, 3.05) is 0 Å². The quantitative estimate of drug-likeness (QED) is 0.0897. The molecule has 27 heavy (non-hydrogen) atoms. The molecule has 0 fully saturated rings. The average molecular weight is 438 g/mol. The van der Waals surface area contributed by atoms with Gasteiger partial charge in [-0.25, -0.2) is 0 Å². The first-order valence-electron chi connectivity index (χ1n) is 12.5. The highest BCUT2D eigenvalue weighted by molar-refractivity contribution is 7.45. The van der Waals surface area contributed by atoms with Crippen molar-refractivity contribution in [2.24, 2.45) is 0 Å². The molecular weight excluding hydrogens is 387 g/mol. The Bertz CT molecular complexity index is 256. The van der Waals surface area contributed by atoms with E-state index < -0.39 is 6.69 Å². The number of halogens is 2. The van der Waals surface area contributed by atoms with Gasteiger partial charge in [-0.2, -0.15) is 0 Å². The summed E-state index contributed by atoms with van der Waals surface area (Å²) >= 11 is 13.3. The molecule has 0 atom stereocenters. The van der Waals surface area contributed by atoms with Crippen LogP contribution < -0.4 is 0 Å². The highest BCUT2D eigenvalue weighted by Crippen LogP contribution is 2.30. The predicted octanol–water partition coefficient (Wildman–Crippen LogP) is 10.7. The van der Waals surface area contributed by atoms with E-state index in [0.29, 0.717) is 0 Å². The number of hydrogen-bond acceptors (Lipinski definition) is 0. The summed E-state index contributed by atoms with van der Waals surface area (Å²) in [5.74, 6) is 0. The molecule has 0 heterocycles. The van der Waals surface area contributed by atoms with Crippen LogP contribution in [0.5, 0.6) is 0 Å². The summed E-state index contributed by atoms with van der Waals surface area (Å²) in [5, 5.41) is 0. The molecule has 0 rings (SSSR count). The molecule has 0 aromatic rings. The van der Waals surface area contributed by atoms with Crippen molar-refractivity contribution < 1.29 is 0 Å². The van der Waals surface area contributed by atoms with Crippen LogP contribution in [0.15, 0.2) is 0 Å². The molecule has 0 spiro atoms. The summed E-state index contributed by atoms with van der Waals surface area (Å²) < 4.78 is 0. The molecule has 0 N–H and O–H groups in total. The maximum atomic E-state index is 6.66. The molecule has 0 saturated carbocycles. The van der Waals surface area contributed by atoms with Gasteiger partial charge < -0.3 is 0 Å². The van der Waals surface area contributed by atoms with E-state index in [0.717, 1.165) is 12.1 Å². The van der Waals surface area contributed by atoms with E-state index in [4.69, 9.17) is 22.2 Å². The monoisotopic (exact) mass is 436 g/mol. The van der Waals surface area contributed by atoms with E-state index in [9.17, 15) is 0 Å². The van der Waals surface area contributed by atoms with E-state index in [1.165, 1.54) is 128 Å². The summed E-state index contributed by atoms with van der Waals surface area (Å²) in [6.45, 7) is 2.63. The minimum Gasteiger partial charge on any atom is -0.146 e. The lowest BCUT2D eigenvalue weighted by atomic mass is 10.1. The van der Waals surface area contributed by atoms with Crippen molar-refractivity contribution >= 4 is 28.9 Å². The van der Waals surface area contributed by atoms with Gasteiger partial charge in [0.2, 0.25) is 0 Å². The number of rotatable bonds is 22. The van der Waals surface area contributed by atoms with Gasteiger partial charge in [-0.3, -0.25) is 0 Å². The van der Waals surface area contributed by atoms with E-state index in [1.54, 1.807) is 0 Å². The molecule has 0 unspecified atom stereocenters. The van der Waals surface area contributed by atoms with Crippen molar-refractivity contribution in [3.05, 3.63) is 0 Å². The smallest absolute Gasteiger partial charge is 0.146 e. The van der Waals surface area contributed by atoms with E-state index in [1.807, 2.05) is 0 Å². The maximum absolute atomic E-state index is 6.66. The van der Waals surface area contributed by atoms with Gasteiger partial charge in [0.25, 0.3) is 6.69 Å². The van der Waals surface area contributed by atoms with Crippen LogP contribution in [0.3, 0.4) is 0 Å². The molecule has 0 saturated heterocycles. The fourth-order valence-corrected chi connectivity index (χ4v) is 7.26. The zero-order chi connectivity index (χ0) is 20.1. The summed E-state index contributed by atoms with van der Waals surface area (Å²) in [6.07, 6.45) is 27.7. The van der Waals surface area contributed by atoms with Gasteiger partial charge in [-0.15, -0.1) is 22.2 Å². The molecule has 3 heteroatoms. The van der Waals surface area contributed by atoms with Gasteiger partial charge in [-0.05, 0) is 12.1 Å². The van der Waals surface area contributed by atoms with E-state index >= 15 is 0 Å². The normalized spacial score (nSPS) is 12.0. The first kappa shape index (κ1) is 27.8. The van der Waals surface area contributed by atoms with Gasteiger partial charge >= 0.3 is 0 Å². The zero-order valence-electron chi connectivity index (χ0n) is 18.8. The maximum Gasteiger partial charge on any atom is 0.251 e. The minimum absolute atomic E-state index is 1.12. The topological polar surface area (TPSA) is 0 Å². The predicted molar refractivity (Wildman–Crippen MR) is 131 cm³/mol. The highest BCUT2D eigenvalue weighted by atomic mass is 35.7. The summed E-state index contributed by atoms with van der Waals surface area (Å²) in [5.41, 5.74) is 0. The molecule has 0 radical (unpaired) electrons. The van der Waals surface area contributed by atoms with Crippen LogP contribution in [0.2, 0.25) is 12.1 Å². The Morgan fingerprint density at radius 3 is 0.852 bits per heavy atom. The third-order valence-electron chi connectivity index (χ3n) is 5.79. The molecule has 0 aliphatic carbocycles. The molecule has 164 valence electrons. The molecule has 0 nitrogen and oxygen atoms in total. The second kappa shape index (κ2) is 21.5. The second-order valence-electron chi connectivity index (χ2n) is 8.72. The van der Waals surface area contributed by atoms with Crippen LogP contribution >= 0.6 is 22.2 Å². The molecule has 0 aliphatic rings. The Balaban J connectivity index is 3.31. The SMILES string of the molecule is CCCCCCCCCCCC[Si](Cl)(Cl)CCCCCCCCCCCC. The van der Waals surface area contributed by atoms with Crippen LogP contribution in [-0.2, 0) is 0 Å². The molecular formula is C24H50Cl2Si. The Hall–Kier alpha value is 0.797. The third kappa shape index (κ3) is 22.9. The van der Waals surface area contributed by atoms with Gasteiger partial charge in [0, 0.05) is 0 Å². The molecule has 0 aliphatic heterocycles. The van der Waals surface area contributed by atoms with E-state index in [2.05, 4.69) is 13.8 Å². The Labute approximate surface area is 183 Å². The van der Waals surface area contributed by atoms with Crippen molar-refractivity contribution in [1.82, 2.24) is 0 Å². The van der Waals surface area contributed by atoms with Crippen molar-refractivity contribution in [2.45, 2.75) is 154 Å². The number of unbranched alkanes of at least 4 members (excludes halogenated alkanes) is 18. The van der Waals surface area contributed by atoms with Crippen molar-refractivity contribution in [3.63, 3.8) is 0 Å². The highest BCUT2D eigenvalue weighted by Gasteiger charge is 2.26. The van der Waals surface area contributed by atoms with Gasteiger partial charge in [0.1, 0.15) is 0 Å². The lowest BCUT2D eigenvalue weighted by molar-refractivity contribution is 0.560. The standard InChI is InChI=1S/C24H50Cl2Si/c1-3-5-7-9-11-13-15-17-19-21-23-27(25,26)24-22-20-18-16-14-12-10-8-6-4-2/h3-24H2,1-2H3. The van der Waals surface area contributed by atoms with Crippen LogP contribution in [0.25, 0.3) is 0 Å². The van der Waals surface area contributed by atoms with Gasteiger partial charge in [0.05, 0.1) is 0 Å². The van der Waals surface area contributed by atoms with Crippen LogP contribution in [0.4, 0.5) is 0 Å². The molecule has 0 aromatic carbocycles. The first-order valence-corrected chi connectivity index (χ1v) is 16.9. The molecule has 0 amide bonds. The Morgan fingerprint density at radius 1 is 0.370 bits per heavy atom. The van der Waals surface area contributed by atoms with Crippen molar-refractivity contribution in [3.8, 4) is 0 Å². The lowest BCUT2D eigenvalue weighted by Gasteiger charge is -2.16. The van der Waals surface area contributed by atoms with Gasteiger partial charge in [-0.1, -0.05) is 142 Å². The molecule has 0 bridgehead atoms. The third-order valence-corrected chi connectivity index (χ3v) is 10.2. The van der Waals surface area contributed by atoms with Crippen LogP contribution in [0, 0.1) is 0 Å². The average Bonchev–Trinajstić information content (AvgIpc) is 2.64. The van der Waals surface area contributed by atoms with Crippen LogP contribution in [-0.4, -0.2) is 6.69 Å². The lowest BCUT2D eigenvalue weighted by Crippen LogP contribution is -2.18. The largest absolute Gasteiger partial charge is 0.251 e. The Kier molecular flexibility index (Phi) is 22.1.